The summed E-state index contributed by atoms with van der Waals surface area (Å²) in [5.41, 5.74) is 1.84. The Bertz CT molecular complexity index is 760. The van der Waals surface area contributed by atoms with Gasteiger partial charge in [-0.05, 0) is 41.3 Å². The first-order chi connectivity index (χ1) is 12.2. The van der Waals surface area contributed by atoms with Crippen LogP contribution in [-0.4, -0.2) is 40.5 Å². The number of amides is 2. The summed E-state index contributed by atoms with van der Waals surface area (Å²) in [6.07, 6.45) is 2.90. The van der Waals surface area contributed by atoms with E-state index < -0.39 is 0 Å². The lowest BCUT2D eigenvalue weighted by Crippen LogP contribution is -2.37. The molecular weight excluding hydrogens is 354 g/mol. The number of thiophene rings is 1. The first-order valence-electron chi connectivity index (χ1n) is 8.37. The van der Waals surface area contributed by atoms with Crippen LogP contribution >= 0.6 is 23.1 Å². The molecule has 0 bridgehead atoms. The molecule has 1 aliphatic rings. The van der Waals surface area contributed by atoms with E-state index in [-0.39, 0.29) is 11.8 Å². The molecule has 0 aliphatic carbocycles. The van der Waals surface area contributed by atoms with Gasteiger partial charge in [0, 0.05) is 42.7 Å². The van der Waals surface area contributed by atoms with E-state index in [2.05, 4.69) is 21.7 Å². The number of fused-ring (bicyclic) bond motifs is 1. The van der Waals surface area contributed by atoms with E-state index in [0.717, 1.165) is 23.7 Å². The maximum absolute atomic E-state index is 12.4. The van der Waals surface area contributed by atoms with Crippen LogP contribution in [0.2, 0.25) is 0 Å². The Labute approximate surface area is 155 Å². The van der Waals surface area contributed by atoms with Gasteiger partial charge in [0.05, 0.1) is 5.03 Å². The standard InChI is InChI=1S/C18H21N3O2S2/c1-2-24-16-11-13(3-7-19-16)18(23)20-8-4-17(22)21-9-5-15-14(12-21)6-10-25-15/h3,6-7,10-11H,2,4-5,8-9,12H2,1H3,(H,20,23). The highest BCUT2D eigenvalue weighted by molar-refractivity contribution is 7.99. The van der Waals surface area contributed by atoms with Crippen LogP contribution in [0.1, 0.15) is 34.1 Å². The second-order valence-electron chi connectivity index (χ2n) is 5.76. The summed E-state index contributed by atoms with van der Waals surface area (Å²) in [6.45, 7) is 3.85. The molecule has 7 heteroatoms. The molecule has 25 heavy (non-hydrogen) atoms. The second-order valence-corrected chi connectivity index (χ2v) is 8.04. The van der Waals surface area contributed by atoms with Crippen molar-refractivity contribution in [3.05, 3.63) is 45.8 Å². The SMILES string of the molecule is CCSc1cc(C(=O)NCCC(=O)N2CCc3sccc3C2)ccn1. The van der Waals surface area contributed by atoms with Crippen molar-refractivity contribution in [2.45, 2.75) is 31.3 Å². The Balaban J connectivity index is 1.47. The van der Waals surface area contributed by atoms with Gasteiger partial charge in [-0.3, -0.25) is 9.59 Å². The topological polar surface area (TPSA) is 62.3 Å². The minimum absolute atomic E-state index is 0.0918. The van der Waals surface area contributed by atoms with E-state index in [0.29, 0.717) is 25.1 Å². The quantitative estimate of drug-likeness (QED) is 0.789. The second kappa shape index (κ2) is 8.49. The minimum atomic E-state index is -0.160. The van der Waals surface area contributed by atoms with Crippen LogP contribution in [-0.2, 0) is 17.8 Å². The fraction of sp³-hybridized carbons (Fsp3) is 0.389. The Morgan fingerprint density at radius 1 is 1.40 bits per heavy atom. The average molecular weight is 376 g/mol. The van der Waals surface area contributed by atoms with E-state index in [9.17, 15) is 9.59 Å². The Morgan fingerprint density at radius 3 is 3.12 bits per heavy atom. The number of hydrogen-bond donors (Lipinski definition) is 1. The molecule has 1 N–H and O–H groups in total. The summed E-state index contributed by atoms with van der Waals surface area (Å²) >= 11 is 3.36. The van der Waals surface area contributed by atoms with Gasteiger partial charge < -0.3 is 10.2 Å². The highest BCUT2D eigenvalue weighted by Gasteiger charge is 2.21. The lowest BCUT2D eigenvalue weighted by atomic mass is 10.1. The minimum Gasteiger partial charge on any atom is -0.352 e. The molecule has 1 aliphatic heterocycles. The summed E-state index contributed by atoms with van der Waals surface area (Å²) in [7, 11) is 0. The number of hydrogen-bond acceptors (Lipinski definition) is 5. The third-order valence-corrected chi connectivity index (χ3v) is 5.90. The zero-order valence-corrected chi connectivity index (χ0v) is 15.8. The Hall–Kier alpha value is -1.86. The van der Waals surface area contributed by atoms with Gasteiger partial charge in [-0.15, -0.1) is 23.1 Å². The molecule has 0 saturated heterocycles. The van der Waals surface area contributed by atoms with Gasteiger partial charge in [-0.2, -0.15) is 0 Å². The van der Waals surface area contributed by atoms with Crippen molar-refractivity contribution in [1.82, 2.24) is 15.2 Å². The monoisotopic (exact) mass is 375 g/mol. The Kier molecular flexibility index (Phi) is 6.09. The highest BCUT2D eigenvalue weighted by Crippen LogP contribution is 2.24. The predicted molar refractivity (Wildman–Crippen MR) is 101 cm³/mol. The molecule has 0 spiro atoms. The molecule has 0 aromatic carbocycles. The van der Waals surface area contributed by atoms with Crippen molar-refractivity contribution >= 4 is 34.9 Å². The number of aromatic nitrogens is 1. The molecule has 0 radical (unpaired) electrons. The van der Waals surface area contributed by atoms with Gasteiger partial charge in [0.15, 0.2) is 0 Å². The Morgan fingerprint density at radius 2 is 2.28 bits per heavy atom. The number of thioether (sulfide) groups is 1. The molecule has 5 nitrogen and oxygen atoms in total. The van der Waals surface area contributed by atoms with E-state index in [1.807, 2.05) is 11.8 Å². The number of pyridine rings is 1. The van der Waals surface area contributed by atoms with Crippen LogP contribution in [0.5, 0.6) is 0 Å². The first kappa shape index (κ1) is 17.9. The fourth-order valence-corrected chi connectivity index (χ4v) is 4.31. The van der Waals surface area contributed by atoms with Crippen molar-refractivity contribution in [3.63, 3.8) is 0 Å². The molecule has 0 fully saturated rings. The fourth-order valence-electron chi connectivity index (χ4n) is 2.78. The third kappa shape index (κ3) is 4.61. The maximum atomic E-state index is 12.4. The third-order valence-electron chi connectivity index (χ3n) is 4.07. The molecule has 3 rings (SSSR count). The largest absolute Gasteiger partial charge is 0.352 e. The van der Waals surface area contributed by atoms with Crippen molar-refractivity contribution in [2.24, 2.45) is 0 Å². The summed E-state index contributed by atoms with van der Waals surface area (Å²) in [5.74, 6) is 0.842. The van der Waals surface area contributed by atoms with Crippen molar-refractivity contribution in [3.8, 4) is 0 Å². The van der Waals surface area contributed by atoms with E-state index >= 15 is 0 Å². The number of nitrogens with zero attached hydrogens (tertiary/aromatic N) is 2. The van der Waals surface area contributed by atoms with Gasteiger partial charge in [0.1, 0.15) is 0 Å². The van der Waals surface area contributed by atoms with Gasteiger partial charge in [-0.25, -0.2) is 4.98 Å². The smallest absolute Gasteiger partial charge is 0.251 e. The van der Waals surface area contributed by atoms with Crippen LogP contribution in [0.4, 0.5) is 0 Å². The number of nitrogens with one attached hydrogen (secondary N) is 1. The van der Waals surface area contributed by atoms with Gasteiger partial charge in [0.2, 0.25) is 5.91 Å². The summed E-state index contributed by atoms with van der Waals surface area (Å²) in [5, 5.41) is 5.75. The number of carbonyl (C=O) groups is 2. The van der Waals surface area contributed by atoms with Crippen LogP contribution in [0.15, 0.2) is 34.8 Å². The molecule has 2 amide bonds. The van der Waals surface area contributed by atoms with E-state index in [1.165, 1.54) is 10.4 Å². The zero-order valence-electron chi connectivity index (χ0n) is 14.2. The van der Waals surface area contributed by atoms with Crippen molar-refractivity contribution in [2.75, 3.05) is 18.8 Å². The van der Waals surface area contributed by atoms with Gasteiger partial charge in [-0.1, -0.05) is 6.92 Å². The predicted octanol–water partition coefficient (Wildman–Crippen LogP) is 2.96. The molecule has 2 aromatic heterocycles. The maximum Gasteiger partial charge on any atom is 0.251 e. The molecule has 0 atom stereocenters. The highest BCUT2D eigenvalue weighted by atomic mass is 32.2. The summed E-state index contributed by atoms with van der Waals surface area (Å²) in [6, 6.07) is 5.57. The molecule has 2 aromatic rings. The van der Waals surface area contributed by atoms with Gasteiger partial charge >= 0.3 is 0 Å². The van der Waals surface area contributed by atoms with E-state index in [4.69, 9.17) is 0 Å². The number of rotatable bonds is 6. The van der Waals surface area contributed by atoms with Crippen LogP contribution in [0.3, 0.4) is 0 Å². The first-order valence-corrected chi connectivity index (χ1v) is 10.2. The lowest BCUT2D eigenvalue weighted by Gasteiger charge is -2.27. The van der Waals surface area contributed by atoms with Crippen LogP contribution in [0.25, 0.3) is 0 Å². The summed E-state index contributed by atoms with van der Waals surface area (Å²) in [4.78, 5) is 32.0. The van der Waals surface area contributed by atoms with Crippen molar-refractivity contribution < 1.29 is 9.59 Å². The van der Waals surface area contributed by atoms with Gasteiger partial charge in [0.25, 0.3) is 5.91 Å². The van der Waals surface area contributed by atoms with E-state index in [1.54, 1.807) is 41.4 Å². The molecule has 3 heterocycles. The van der Waals surface area contributed by atoms with Crippen LogP contribution in [0, 0.1) is 0 Å². The van der Waals surface area contributed by atoms with Crippen LogP contribution < -0.4 is 5.32 Å². The molecule has 0 saturated carbocycles. The molecule has 132 valence electrons. The van der Waals surface area contributed by atoms with Crippen molar-refractivity contribution in [1.29, 1.82) is 0 Å². The normalized spacial score (nSPS) is 13.4. The average Bonchev–Trinajstić information content (AvgIpc) is 3.09. The lowest BCUT2D eigenvalue weighted by molar-refractivity contribution is -0.131. The number of carbonyl (C=O) groups excluding carboxylic acids is 2. The zero-order chi connectivity index (χ0) is 17.6. The molecular formula is C18H21N3O2S2. The summed E-state index contributed by atoms with van der Waals surface area (Å²) < 4.78 is 0. The molecule has 0 unspecified atom stereocenters.